The summed E-state index contributed by atoms with van der Waals surface area (Å²) in [6.07, 6.45) is 3.91. The number of nitrogens with one attached hydrogen (secondary N) is 1. The Kier molecular flexibility index (Phi) is 4.68. The molecule has 0 saturated heterocycles. The third kappa shape index (κ3) is 4.03. The first kappa shape index (κ1) is 14.5. The van der Waals surface area contributed by atoms with Crippen LogP contribution in [0.2, 0.25) is 0 Å². The molecule has 0 fully saturated rings. The van der Waals surface area contributed by atoms with Crippen LogP contribution in [0, 0.1) is 6.92 Å². The molecule has 6 nitrogen and oxygen atoms in total. The molecular weight excluding hydrogens is 252 g/mol. The average molecular weight is 274 g/mol. The van der Waals surface area contributed by atoms with Gasteiger partial charge in [-0.2, -0.15) is 5.10 Å². The molecule has 0 unspecified atom stereocenters. The van der Waals surface area contributed by atoms with Crippen molar-refractivity contribution >= 4 is 5.82 Å². The van der Waals surface area contributed by atoms with Gasteiger partial charge in [-0.1, -0.05) is 0 Å². The number of anilines is 1. The molecular formula is C14H22N6. The van der Waals surface area contributed by atoms with Gasteiger partial charge in [0.2, 0.25) is 0 Å². The zero-order chi connectivity index (χ0) is 14.5. The van der Waals surface area contributed by atoms with Gasteiger partial charge in [0.05, 0.1) is 12.7 Å². The van der Waals surface area contributed by atoms with Crippen LogP contribution in [0.3, 0.4) is 0 Å². The minimum atomic E-state index is 0.717. The zero-order valence-corrected chi connectivity index (χ0v) is 12.6. The lowest BCUT2D eigenvalue weighted by atomic mass is 10.3. The van der Waals surface area contributed by atoms with Crippen molar-refractivity contribution in [1.82, 2.24) is 24.6 Å². The van der Waals surface area contributed by atoms with E-state index in [0.29, 0.717) is 0 Å². The van der Waals surface area contributed by atoms with Crippen molar-refractivity contribution in [3.8, 4) is 0 Å². The van der Waals surface area contributed by atoms with E-state index in [2.05, 4.69) is 39.3 Å². The van der Waals surface area contributed by atoms with E-state index in [4.69, 9.17) is 0 Å². The van der Waals surface area contributed by atoms with E-state index in [0.717, 1.165) is 37.0 Å². The molecule has 0 aliphatic rings. The molecule has 2 rings (SSSR count). The largest absolute Gasteiger partial charge is 0.370 e. The number of aromatic nitrogens is 4. The molecule has 0 aromatic carbocycles. The Morgan fingerprint density at radius 2 is 2.10 bits per heavy atom. The van der Waals surface area contributed by atoms with Gasteiger partial charge in [-0.05, 0) is 20.9 Å². The SMILES string of the molecule is CCNc1cc(C)nc(CN(C)Cc2cnn(C)c2)n1. The van der Waals surface area contributed by atoms with Crippen molar-refractivity contribution in [3.05, 3.63) is 35.5 Å². The van der Waals surface area contributed by atoms with Gasteiger partial charge in [0.15, 0.2) is 0 Å². The molecule has 2 heterocycles. The van der Waals surface area contributed by atoms with Crippen molar-refractivity contribution in [1.29, 1.82) is 0 Å². The predicted molar refractivity (Wildman–Crippen MR) is 79.3 cm³/mol. The topological polar surface area (TPSA) is 58.9 Å². The average Bonchev–Trinajstić information content (AvgIpc) is 2.74. The maximum atomic E-state index is 4.53. The summed E-state index contributed by atoms with van der Waals surface area (Å²) >= 11 is 0. The zero-order valence-electron chi connectivity index (χ0n) is 12.6. The Labute approximate surface area is 119 Å². The molecule has 0 radical (unpaired) electrons. The summed E-state index contributed by atoms with van der Waals surface area (Å²) in [6.45, 7) is 6.47. The van der Waals surface area contributed by atoms with E-state index in [1.807, 2.05) is 37.1 Å². The smallest absolute Gasteiger partial charge is 0.144 e. The first-order chi connectivity index (χ1) is 9.56. The maximum absolute atomic E-state index is 4.53. The Morgan fingerprint density at radius 1 is 1.30 bits per heavy atom. The van der Waals surface area contributed by atoms with Crippen molar-refractivity contribution in [2.75, 3.05) is 18.9 Å². The minimum Gasteiger partial charge on any atom is -0.370 e. The molecule has 108 valence electrons. The predicted octanol–water partition coefficient (Wildman–Crippen LogP) is 1.58. The van der Waals surface area contributed by atoms with Crippen LogP contribution < -0.4 is 5.32 Å². The minimum absolute atomic E-state index is 0.717. The summed E-state index contributed by atoms with van der Waals surface area (Å²) in [6, 6.07) is 1.97. The van der Waals surface area contributed by atoms with Crippen LogP contribution in [0.25, 0.3) is 0 Å². The molecule has 6 heteroatoms. The number of hydrogen-bond donors (Lipinski definition) is 1. The number of nitrogens with zero attached hydrogens (tertiary/aromatic N) is 5. The molecule has 0 bridgehead atoms. The molecule has 20 heavy (non-hydrogen) atoms. The van der Waals surface area contributed by atoms with Crippen molar-refractivity contribution in [2.24, 2.45) is 7.05 Å². The van der Waals surface area contributed by atoms with Crippen LogP contribution in [-0.2, 0) is 20.1 Å². The van der Waals surface area contributed by atoms with E-state index in [-0.39, 0.29) is 0 Å². The van der Waals surface area contributed by atoms with Crippen LogP contribution in [-0.4, -0.2) is 38.2 Å². The normalized spacial score (nSPS) is 11.1. The van der Waals surface area contributed by atoms with Crippen LogP contribution in [0.5, 0.6) is 0 Å². The standard InChI is InChI=1S/C14H22N6/c1-5-15-13-6-11(2)17-14(18-13)10-19(3)8-12-7-16-20(4)9-12/h6-7,9H,5,8,10H2,1-4H3,(H,15,17,18). The third-order valence-corrected chi connectivity index (χ3v) is 2.88. The Morgan fingerprint density at radius 3 is 2.75 bits per heavy atom. The summed E-state index contributed by atoms with van der Waals surface area (Å²) in [5, 5.41) is 7.41. The summed E-state index contributed by atoms with van der Waals surface area (Å²) in [4.78, 5) is 11.2. The Bertz CT molecular complexity index is 563. The lowest BCUT2D eigenvalue weighted by Crippen LogP contribution is -2.19. The summed E-state index contributed by atoms with van der Waals surface area (Å²) < 4.78 is 1.82. The highest BCUT2D eigenvalue weighted by molar-refractivity contribution is 5.35. The lowest BCUT2D eigenvalue weighted by Gasteiger charge is -2.15. The van der Waals surface area contributed by atoms with Crippen molar-refractivity contribution in [2.45, 2.75) is 26.9 Å². The number of hydrogen-bond acceptors (Lipinski definition) is 5. The van der Waals surface area contributed by atoms with Gasteiger partial charge in [0.25, 0.3) is 0 Å². The van der Waals surface area contributed by atoms with E-state index in [1.165, 1.54) is 5.56 Å². The van der Waals surface area contributed by atoms with Gasteiger partial charge >= 0.3 is 0 Å². The second-order valence-electron chi connectivity index (χ2n) is 5.04. The highest BCUT2D eigenvalue weighted by Crippen LogP contribution is 2.09. The second-order valence-corrected chi connectivity index (χ2v) is 5.04. The van der Waals surface area contributed by atoms with Gasteiger partial charge in [-0.15, -0.1) is 0 Å². The Hall–Kier alpha value is -1.95. The van der Waals surface area contributed by atoms with E-state index < -0.39 is 0 Å². The fraction of sp³-hybridized carbons (Fsp3) is 0.500. The molecule has 0 atom stereocenters. The maximum Gasteiger partial charge on any atom is 0.144 e. The Balaban J connectivity index is 2.01. The van der Waals surface area contributed by atoms with Gasteiger partial charge in [0.1, 0.15) is 11.6 Å². The summed E-state index contributed by atoms with van der Waals surface area (Å²) in [5.74, 6) is 1.73. The molecule has 1 N–H and O–H groups in total. The van der Waals surface area contributed by atoms with Crippen molar-refractivity contribution < 1.29 is 0 Å². The van der Waals surface area contributed by atoms with Gasteiger partial charge in [-0.25, -0.2) is 9.97 Å². The molecule has 0 aliphatic heterocycles. The quantitative estimate of drug-likeness (QED) is 0.866. The second kappa shape index (κ2) is 6.47. The number of rotatable bonds is 6. The van der Waals surface area contributed by atoms with Crippen LogP contribution in [0.4, 0.5) is 5.82 Å². The van der Waals surface area contributed by atoms with Crippen LogP contribution in [0.1, 0.15) is 24.0 Å². The van der Waals surface area contributed by atoms with Crippen molar-refractivity contribution in [3.63, 3.8) is 0 Å². The van der Waals surface area contributed by atoms with E-state index in [9.17, 15) is 0 Å². The molecule has 2 aromatic heterocycles. The molecule has 0 saturated carbocycles. The fourth-order valence-corrected chi connectivity index (χ4v) is 2.13. The molecule has 0 spiro atoms. The fourth-order valence-electron chi connectivity index (χ4n) is 2.13. The highest BCUT2D eigenvalue weighted by Gasteiger charge is 2.07. The first-order valence-corrected chi connectivity index (χ1v) is 6.81. The summed E-state index contributed by atoms with van der Waals surface area (Å²) in [5.41, 5.74) is 2.18. The van der Waals surface area contributed by atoms with Crippen LogP contribution >= 0.6 is 0 Å². The highest BCUT2D eigenvalue weighted by atomic mass is 15.2. The third-order valence-electron chi connectivity index (χ3n) is 2.88. The van der Waals surface area contributed by atoms with Gasteiger partial charge in [0, 0.05) is 43.7 Å². The lowest BCUT2D eigenvalue weighted by molar-refractivity contribution is 0.310. The van der Waals surface area contributed by atoms with Gasteiger partial charge in [-0.3, -0.25) is 9.58 Å². The monoisotopic (exact) mass is 274 g/mol. The van der Waals surface area contributed by atoms with E-state index in [1.54, 1.807) is 0 Å². The molecule has 2 aromatic rings. The van der Waals surface area contributed by atoms with E-state index >= 15 is 0 Å². The summed E-state index contributed by atoms with van der Waals surface area (Å²) in [7, 11) is 3.99. The molecule has 0 amide bonds. The number of aryl methyl sites for hydroxylation is 2. The molecule has 0 aliphatic carbocycles. The first-order valence-electron chi connectivity index (χ1n) is 6.81. The van der Waals surface area contributed by atoms with Crippen LogP contribution in [0.15, 0.2) is 18.5 Å². The van der Waals surface area contributed by atoms with Gasteiger partial charge < -0.3 is 5.32 Å².